The van der Waals surface area contributed by atoms with Gasteiger partial charge in [0.05, 0.1) is 11.8 Å². The van der Waals surface area contributed by atoms with E-state index in [9.17, 15) is 4.79 Å². The second-order valence-corrected chi connectivity index (χ2v) is 6.43. The van der Waals surface area contributed by atoms with Crippen LogP contribution in [0.4, 0.5) is 11.6 Å². The van der Waals surface area contributed by atoms with Crippen LogP contribution < -0.4 is 10.6 Å². The minimum Gasteiger partial charge on any atom is -0.373 e. The maximum atomic E-state index is 12.1. The lowest BCUT2D eigenvalue weighted by molar-refractivity contribution is -0.117. The molecule has 7 heteroatoms. The molecule has 0 spiro atoms. The van der Waals surface area contributed by atoms with Gasteiger partial charge in [0.1, 0.15) is 23.2 Å². The van der Waals surface area contributed by atoms with E-state index in [1.807, 2.05) is 0 Å². The number of fused-ring (bicyclic) bond motifs is 1. The molecule has 0 radical (unpaired) electrons. The van der Waals surface area contributed by atoms with Crippen LogP contribution in [0.2, 0.25) is 0 Å². The van der Waals surface area contributed by atoms with E-state index in [0.29, 0.717) is 23.0 Å². The lowest BCUT2D eigenvalue weighted by Gasteiger charge is -2.09. The summed E-state index contributed by atoms with van der Waals surface area (Å²) in [7, 11) is 1.76. The van der Waals surface area contributed by atoms with Crippen LogP contribution in [0.5, 0.6) is 0 Å². The Labute approximate surface area is 161 Å². The molecule has 1 aliphatic rings. The molecule has 3 heterocycles. The van der Waals surface area contributed by atoms with Gasteiger partial charge in [-0.2, -0.15) is 0 Å². The Morgan fingerprint density at radius 3 is 2.81 bits per heavy atom. The van der Waals surface area contributed by atoms with Gasteiger partial charge < -0.3 is 15.2 Å². The fourth-order valence-electron chi connectivity index (χ4n) is 2.74. The number of pyridine rings is 2. The molecule has 27 heavy (non-hydrogen) atoms. The van der Waals surface area contributed by atoms with Crippen LogP contribution in [0.3, 0.4) is 0 Å². The molecule has 1 aliphatic carbocycles. The predicted molar refractivity (Wildman–Crippen MR) is 104 cm³/mol. The Morgan fingerprint density at radius 2 is 2.07 bits per heavy atom. The first-order valence-corrected chi connectivity index (χ1v) is 8.62. The van der Waals surface area contributed by atoms with Crippen LogP contribution in [0.25, 0.3) is 10.8 Å². The number of nitrogens with zero attached hydrogens (tertiary/aromatic N) is 4. The lowest BCUT2D eigenvalue weighted by Crippen LogP contribution is -2.14. The van der Waals surface area contributed by atoms with Crippen LogP contribution in [0.1, 0.15) is 34.0 Å². The molecule has 136 valence electrons. The van der Waals surface area contributed by atoms with E-state index in [4.69, 9.17) is 4.11 Å². The molecule has 0 unspecified atom stereocenters. The third-order valence-corrected chi connectivity index (χ3v) is 4.47. The van der Waals surface area contributed by atoms with Gasteiger partial charge in [0.25, 0.3) is 0 Å². The number of imidazole rings is 1. The van der Waals surface area contributed by atoms with Gasteiger partial charge in [-0.15, -0.1) is 0 Å². The van der Waals surface area contributed by atoms with Gasteiger partial charge in [-0.1, -0.05) is 5.92 Å². The van der Waals surface area contributed by atoms with Crippen molar-refractivity contribution in [3.63, 3.8) is 0 Å². The topological polar surface area (TPSA) is 84.7 Å². The zero-order chi connectivity index (χ0) is 21.5. The number of aryl methyl sites for hydroxylation is 1. The Morgan fingerprint density at radius 1 is 1.22 bits per heavy atom. The van der Waals surface area contributed by atoms with Gasteiger partial charge in [-0.25, -0.2) is 15.0 Å². The molecule has 1 saturated carbocycles. The Bertz CT molecular complexity index is 1200. The molecule has 2 N–H and O–H groups in total. The van der Waals surface area contributed by atoms with Crippen molar-refractivity contribution in [2.75, 3.05) is 17.7 Å². The minimum absolute atomic E-state index is 0.0329. The highest BCUT2D eigenvalue weighted by Crippen LogP contribution is 2.31. The second kappa shape index (κ2) is 6.72. The molecule has 0 aliphatic heterocycles. The molecular formula is C20H20N6O. The maximum Gasteiger partial charge on any atom is 0.228 e. The van der Waals surface area contributed by atoms with Crippen molar-refractivity contribution in [3.8, 4) is 11.8 Å². The van der Waals surface area contributed by atoms with Gasteiger partial charge in [-0.3, -0.25) is 4.79 Å². The molecule has 0 saturated heterocycles. The first-order chi connectivity index (χ1) is 14.3. The Kier molecular flexibility index (Phi) is 3.43. The predicted octanol–water partition coefficient (Wildman–Crippen LogP) is 2.46. The number of hydrogen-bond acceptors (Lipinski definition) is 5. The van der Waals surface area contributed by atoms with Crippen LogP contribution in [0.15, 0.2) is 24.7 Å². The Hall–Kier alpha value is -3.40. The van der Waals surface area contributed by atoms with E-state index >= 15 is 0 Å². The summed E-state index contributed by atoms with van der Waals surface area (Å²) in [6.07, 6.45) is 6.49. The first-order valence-electron chi connectivity index (χ1n) is 10.1. The number of nitrogens with one attached hydrogen (secondary N) is 2. The van der Waals surface area contributed by atoms with E-state index in [-0.39, 0.29) is 17.5 Å². The minimum atomic E-state index is -2.37. The van der Waals surface area contributed by atoms with Crippen LogP contribution in [-0.4, -0.2) is 32.5 Å². The van der Waals surface area contributed by atoms with Crippen molar-refractivity contribution < 1.29 is 8.91 Å². The summed E-state index contributed by atoms with van der Waals surface area (Å²) in [5.41, 5.74) is 0.874. The quantitative estimate of drug-likeness (QED) is 0.698. The van der Waals surface area contributed by atoms with Crippen molar-refractivity contribution in [3.05, 3.63) is 41.7 Å². The zero-order valence-electron chi connectivity index (χ0n) is 18.0. The number of carbonyl (C=O) groups excluding carboxylic acids is 1. The van der Waals surface area contributed by atoms with Crippen molar-refractivity contribution in [1.82, 2.24) is 19.5 Å². The summed E-state index contributed by atoms with van der Waals surface area (Å²) in [5.74, 6) is 7.37. The summed E-state index contributed by atoms with van der Waals surface area (Å²) in [6, 6.07) is 1.76. The van der Waals surface area contributed by atoms with Gasteiger partial charge in [0.2, 0.25) is 5.91 Å². The third-order valence-electron chi connectivity index (χ3n) is 4.47. The van der Waals surface area contributed by atoms with Crippen molar-refractivity contribution in [1.29, 1.82) is 0 Å². The van der Waals surface area contributed by atoms with Gasteiger partial charge in [0.15, 0.2) is 0 Å². The van der Waals surface area contributed by atoms with Crippen LogP contribution >= 0.6 is 0 Å². The van der Waals surface area contributed by atoms with Crippen LogP contribution in [0, 0.1) is 24.7 Å². The highest BCUT2D eigenvalue weighted by atomic mass is 16.2. The van der Waals surface area contributed by atoms with E-state index in [1.54, 1.807) is 32.4 Å². The smallest absolute Gasteiger partial charge is 0.228 e. The van der Waals surface area contributed by atoms with Crippen LogP contribution in [-0.2, 0) is 11.8 Å². The monoisotopic (exact) mass is 363 g/mol. The fourth-order valence-corrected chi connectivity index (χ4v) is 2.74. The summed E-state index contributed by atoms with van der Waals surface area (Å²) in [4.78, 5) is 24.9. The standard InChI is InChI=1S/C20H20N6O/c1-12-22-10-15(26(12)3)7-6-14-9-24-19(21-2)17-11-23-18(8-16(14)17)25-20(27)13-4-5-13/h8-11,13H,4-5H2,1-3H3,(H,21,24)(H,23,25,27)/i3D3. The molecular weight excluding hydrogens is 340 g/mol. The number of carbonyl (C=O) groups is 1. The van der Waals surface area contributed by atoms with E-state index in [2.05, 4.69) is 37.4 Å². The molecule has 0 atom stereocenters. The molecule has 4 rings (SSSR count). The third kappa shape index (κ3) is 3.34. The second-order valence-electron chi connectivity index (χ2n) is 6.43. The highest BCUT2D eigenvalue weighted by molar-refractivity contribution is 5.99. The largest absolute Gasteiger partial charge is 0.373 e. The normalized spacial score (nSPS) is 15.3. The van der Waals surface area contributed by atoms with Gasteiger partial charge in [-0.05, 0) is 31.8 Å². The molecule has 3 aromatic rings. The van der Waals surface area contributed by atoms with Crippen molar-refractivity contribution in [2.24, 2.45) is 12.9 Å². The SMILES string of the molecule is [2H]C([2H])([2H])n1c(C#Cc2cnc(NC)c3cnc(NC(=O)C4CC4)cc23)cnc1C. The van der Waals surface area contributed by atoms with Crippen molar-refractivity contribution >= 4 is 28.3 Å². The van der Waals surface area contributed by atoms with E-state index in [0.717, 1.165) is 28.2 Å². The van der Waals surface area contributed by atoms with E-state index < -0.39 is 6.98 Å². The average molecular weight is 363 g/mol. The molecule has 1 amide bonds. The van der Waals surface area contributed by atoms with E-state index in [1.165, 1.54) is 6.20 Å². The highest BCUT2D eigenvalue weighted by Gasteiger charge is 2.29. The molecule has 0 bridgehead atoms. The lowest BCUT2D eigenvalue weighted by atomic mass is 10.1. The zero-order valence-corrected chi connectivity index (χ0v) is 15.0. The summed E-state index contributed by atoms with van der Waals surface area (Å²) < 4.78 is 24.2. The number of aromatic nitrogens is 4. The average Bonchev–Trinajstić information content (AvgIpc) is 3.48. The van der Waals surface area contributed by atoms with Gasteiger partial charge in [0, 0.05) is 47.2 Å². The maximum absolute atomic E-state index is 12.1. The Balaban J connectivity index is 1.78. The number of hydrogen-bond donors (Lipinski definition) is 2. The molecule has 1 fully saturated rings. The number of rotatable bonds is 3. The molecule has 7 nitrogen and oxygen atoms in total. The summed E-state index contributed by atoms with van der Waals surface area (Å²) >= 11 is 0. The number of anilines is 2. The summed E-state index contributed by atoms with van der Waals surface area (Å²) in [5, 5.41) is 7.35. The molecule has 0 aromatic carbocycles. The van der Waals surface area contributed by atoms with Crippen molar-refractivity contribution in [2.45, 2.75) is 19.8 Å². The molecule has 3 aromatic heterocycles. The first kappa shape index (κ1) is 13.8. The fraction of sp³-hybridized carbons (Fsp3) is 0.300. The van der Waals surface area contributed by atoms with Gasteiger partial charge >= 0.3 is 0 Å². The summed E-state index contributed by atoms with van der Waals surface area (Å²) in [6.45, 7) is -0.748. The number of amides is 1.